The molecule has 0 aliphatic carbocycles. The minimum atomic E-state index is -3.47. The van der Waals surface area contributed by atoms with Crippen LogP contribution in [0.1, 0.15) is 13.3 Å². The van der Waals surface area contributed by atoms with E-state index in [0.717, 1.165) is 17.2 Å². The summed E-state index contributed by atoms with van der Waals surface area (Å²) in [6.45, 7) is 3.24. The van der Waals surface area contributed by atoms with E-state index in [1.165, 1.54) is 0 Å². The Morgan fingerprint density at radius 1 is 1.33 bits per heavy atom. The molecule has 6 heteroatoms. The van der Waals surface area contributed by atoms with Crippen LogP contribution in [0.4, 0.5) is 0 Å². The Morgan fingerprint density at radius 3 is 2.90 bits per heavy atom. The van der Waals surface area contributed by atoms with Gasteiger partial charge in [0, 0.05) is 41.1 Å². The maximum absolute atomic E-state index is 12.9. The van der Waals surface area contributed by atoms with E-state index in [9.17, 15) is 8.42 Å². The molecule has 1 aliphatic heterocycles. The molecule has 0 bridgehead atoms. The molecule has 0 saturated carbocycles. The van der Waals surface area contributed by atoms with Crippen LogP contribution in [0.15, 0.2) is 41.6 Å². The first-order chi connectivity index (χ1) is 10.00. The quantitative estimate of drug-likeness (QED) is 0.765. The summed E-state index contributed by atoms with van der Waals surface area (Å²) >= 11 is 3.59. The molecule has 0 spiro atoms. The van der Waals surface area contributed by atoms with Gasteiger partial charge in [0.1, 0.15) is 0 Å². The topological polar surface area (TPSA) is 50.3 Å². The van der Waals surface area contributed by atoms with Crippen molar-refractivity contribution < 1.29 is 8.42 Å². The number of rotatable bonds is 2. The number of sulfonamides is 1. The number of fused-ring (bicyclic) bond motifs is 1. The second-order valence-corrected chi connectivity index (χ2v) is 8.58. The summed E-state index contributed by atoms with van der Waals surface area (Å²) in [6.07, 6.45) is 4.20. The SMILES string of the molecule is CC1CCN(S(=O)(=O)c2cccc3cnccc23)CC1Br. The van der Waals surface area contributed by atoms with Crippen LogP contribution in [0, 0.1) is 5.92 Å². The van der Waals surface area contributed by atoms with Gasteiger partial charge in [-0.3, -0.25) is 4.98 Å². The van der Waals surface area contributed by atoms with Gasteiger partial charge in [-0.25, -0.2) is 8.42 Å². The molecule has 0 amide bonds. The smallest absolute Gasteiger partial charge is 0.243 e. The van der Waals surface area contributed by atoms with E-state index in [2.05, 4.69) is 27.8 Å². The van der Waals surface area contributed by atoms with Gasteiger partial charge in [-0.15, -0.1) is 0 Å². The van der Waals surface area contributed by atoms with Crippen LogP contribution in [0.5, 0.6) is 0 Å². The van der Waals surface area contributed by atoms with Crippen molar-refractivity contribution in [2.24, 2.45) is 5.92 Å². The number of halogens is 1. The zero-order valence-electron chi connectivity index (χ0n) is 11.7. The van der Waals surface area contributed by atoms with Crippen molar-refractivity contribution >= 4 is 36.7 Å². The highest BCUT2D eigenvalue weighted by Crippen LogP contribution is 2.30. The van der Waals surface area contributed by atoms with E-state index in [1.54, 1.807) is 34.9 Å². The van der Waals surface area contributed by atoms with E-state index >= 15 is 0 Å². The molecule has 3 rings (SSSR count). The van der Waals surface area contributed by atoms with Gasteiger partial charge in [0.25, 0.3) is 0 Å². The molecule has 1 aromatic carbocycles. The summed E-state index contributed by atoms with van der Waals surface area (Å²) in [5.41, 5.74) is 0. The maximum atomic E-state index is 12.9. The number of pyridine rings is 1. The van der Waals surface area contributed by atoms with Crippen LogP contribution >= 0.6 is 15.9 Å². The van der Waals surface area contributed by atoms with Gasteiger partial charge >= 0.3 is 0 Å². The van der Waals surface area contributed by atoms with E-state index in [1.807, 2.05) is 6.07 Å². The highest BCUT2D eigenvalue weighted by molar-refractivity contribution is 9.09. The summed E-state index contributed by atoms with van der Waals surface area (Å²) in [7, 11) is -3.47. The average Bonchev–Trinajstić information content (AvgIpc) is 2.49. The third-order valence-corrected chi connectivity index (χ3v) is 7.20. The van der Waals surface area contributed by atoms with Gasteiger partial charge in [0.2, 0.25) is 10.0 Å². The first-order valence-corrected chi connectivity index (χ1v) is 9.32. The number of benzene rings is 1. The van der Waals surface area contributed by atoms with Gasteiger partial charge in [-0.2, -0.15) is 4.31 Å². The van der Waals surface area contributed by atoms with Crippen molar-refractivity contribution in [2.75, 3.05) is 13.1 Å². The lowest BCUT2D eigenvalue weighted by atomic mass is 10.0. The summed E-state index contributed by atoms with van der Waals surface area (Å²) in [5, 5.41) is 1.58. The first-order valence-electron chi connectivity index (χ1n) is 6.97. The molecule has 4 nitrogen and oxygen atoms in total. The van der Waals surface area contributed by atoms with Crippen LogP contribution in [-0.2, 0) is 10.0 Å². The zero-order chi connectivity index (χ0) is 15.0. The minimum absolute atomic E-state index is 0.206. The normalized spacial score (nSPS) is 24.3. The third kappa shape index (κ3) is 2.72. The fourth-order valence-electron chi connectivity index (χ4n) is 2.67. The third-order valence-electron chi connectivity index (χ3n) is 4.09. The lowest BCUT2D eigenvalue weighted by Gasteiger charge is -2.33. The number of aromatic nitrogens is 1. The monoisotopic (exact) mass is 368 g/mol. The van der Waals surface area contributed by atoms with Crippen molar-refractivity contribution in [1.82, 2.24) is 9.29 Å². The number of alkyl halides is 1. The number of hydrogen-bond acceptors (Lipinski definition) is 3. The van der Waals surface area contributed by atoms with Crippen LogP contribution in [-0.4, -0.2) is 35.6 Å². The standard InChI is InChI=1S/C15H17BrN2O2S/c1-11-6-8-18(10-14(11)16)21(19,20)15-4-2-3-12-9-17-7-5-13(12)15/h2-5,7,9,11,14H,6,8,10H2,1H3. The predicted octanol–water partition coefficient (Wildman–Crippen LogP) is 3.03. The lowest BCUT2D eigenvalue weighted by molar-refractivity contribution is 0.300. The molecular formula is C15H17BrN2O2S. The average molecular weight is 369 g/mol. The van der Waals surface area contributed by atoms with Crippen LogP contribution in [0.3, 0.4) is 0 Å². The Labute approximate surface area is 133 Å². The van der Waals surface area contributed by atoms with E-state index in [4.69, 9.17) is 0 Å². The summed E-state index contributed by atoms with van der Waals surface area (Å²) in [5.74, 6) is 0.494. The van der Waals surface area contributed by atoms with Gasteiger partial charge < -0.3 is 0 Å². The van der Waals surface area contributed by atoms with Crippen LogP contribution in [0.25, 0.3) is 10.8 Å². The summed E-state index contributed by atoms with van der Waals surface area (Å²) < 4.78 is 27.5. The molecule has 1 fully saturated rings. The van der Waals surface area contributed by atoms with Crippen molar-refractivity contribution in [3.8, 4) is 0 Å². The van der Waals surface area contributed by atoms with Crippen molar-refractivity contribution in [3.63, 3.8) is 0 Å². The molecule has 1 aromatic heterocycles. The molecule has 112 valence electrons. The molecule has 2 aromatic rings. The highest BCUT2D eigenvalue weighted by Gasteiger charge is 2.33. The van der Waals surface area contributed by atoms with E-state index in [0.29, 0.717) is 23.9 Å². The molecule has 21 heavy (non-hydrogen) atoms. The van der Waals surface area contributed by atoms with Crippen molar-refractivity contribution in [3.05, 3.63) is 36.7 Å². The molecule has 2 unspecified atom stereocenters. The second-order valence-electron chi connectivity index (χ2n) is 5.50. The Morgan fingerprint density at radius 2 is 2.14 bits per heavy atom. The van der Waals surface area contributed by atoms with Crippen molar-refractivity contribution in [2.45, 2.75) is 23.1 Å². The number of nitrogens with zero attached hydrogens (tertiary/aromatic N) is 2. The van der Waals surface area contributed by atoms with Crippen LogP contribution in [0.2, 0.25) is 0 Å². The van der Waals surface area contributed by atoms with Gasteiger partial charge in [0.05, 0.1) is 4.90 Å². The maximum Gasteiger partial charge on any atom is 0.243 e. The zero-order valence-corrected chi connectivity index (χ0v) is 14.1. The molecular weight excluding hydrogens is 352 g/mol. The molecule has 0 N–H and O–H groups in total. The largest absolute Gasteiger partial charge is 0.264 e. The highest BCUT2D eigenvalue weighted by atomic mass is 79.9. The van der Waals surface area contributed by atoms with E-state index in [-0.39, 0.29) is 4.83 Å². The minimum Gasteiger partial charge on any atom is -0.264 e. The van der Waals surface area contributed by atoms with Gasteiger partial charge in [-0.05, 0) is 24.5 Å². The number of hydrogen-bond donors (Lipinski definition) is 0. The lowest BCUT2D eigenvalue weighted by Crippen LogP contribution is -2.43. The Hall–Kier alpha value is -0.980. The number of piperidine rings is 1. The molecule has 1 aliphatic rings. The molecule has 2 heterocycles. The Kier molecular flexibility index (Phi) is 4.03. The van der Waals surface area contributed by atoms with Gasteiger partial charge in [-0.1, -0.05) is 35.0 Å². The fourth-order valence-corrected chi connectivity index (χ4v) is 5.17. The second kappa shape index (κ2) is 5.66. The molecule has 0 radical (unpaired) electrons. The fraction of sp³-hybridized carbons (Fsp3) is 0.400. The summed E-state index contributed by atoms with van der Waals surface area (Å²) in [6, 6.07) is 7.10. The first kappa shape index (κ1) is 14.9. The summed E-state index contributed by atoms with van der Waals surface area (Å²) in [4.78, 5) is 4.63. The molecule has 1 saturated heterocycles. The van der Waals surface area contributed by atoms with E-state index < -0.39 is 10.0 Å². The molecule has 2 atom stereocenters. The van der Waals surface area contributed by atoms with Crippen LogP contribution < -0.4 is 0 Å². The van der Waals surface area contributed by atoms with Crippen molar-refractivity contribution in [1.29, 1.82) is 0 Å². The Bertz CT molecular complexity index is 758. The predicted molar refractivity (Wildman–Crippen MR) is 87.0 cm³/mol. The Balaban J connectivity index is 2.05. The van der Waals surface area contributed by atoms with Gasteiger partial charge in [0.15, 0.2) is 0 Å².